The van der Waals surface area contributed by atoms with E-state index in [4.69, 9.17) is 5.41 Å². The van der Waals surface area contributed by atoms with Crippen LogP contribution < -0.4 is 5.32 Å². The van der Waals surface area contributed by atoms with Gasteiger partial charge in [0, 0.05) is 38.1 Å². The smallest absolute Gasteiger partial charge is 0.368 e. The molecule has 0 aliphatic carbocycles. The molecule has 0 aromatic heterocycles. The van der Waals surface area contributed by atoms with Crippen molar-refractivity contribution in [1.29, 1.82) is 5.41 Å². The second kappa shape index (κ2) is 8.34. The van der Waals surface area contributed by atoms with Gasteiger partial charge in [-0.25, -0.2) is 4.39 Å². The fraction of sp³-hybridized carbons (Fsp3) is 0.348. The van der Waals surface area contributed by atoms with Crippen molar-refractivity contribution in [2.75, 3.05) is 26.2 Å². The zero-order valence-corrected chi connectivity index (χ0v) is 17.1. The molecule has 3 aliphatic rings. The summed E-state index contributed by atoms with van der Waals surface area (Å²) in [6, 6.07) is 3.04. The Morgan fingerprint density at radius 2 is 1.81 bits per heavy atom. The van der Waals surface area contributed by atoms with Gasteiger partial charge in [0.25, 0.3) is 0 Å². The Morgan fingerprint density at radius 3 is 2.52 bits per heavy atom. The molecule has 1 saturated heterocycles. The molecule has 4 rings (SSSR count). The van der Waals surface area contributed by atoms with Crippen LogP contribution in [-0.2, 0) is 6.18 Å². The first kappa shape index (κ1) is 21.4. The molecular weight excluding hydrogens is 408 g/mol. The zero-order valence-electron chi connectivity index (χ0n) is 17.1. The Labute approximate surface area is 178 Å². The number of nitrogens with one attached hydrogen (secondary N) is 2. The molecule has 4 nitrogen and oxygen atoms in total. The molecular formula is C23H24F4N4. The number of alkyl halides is 3. The third-order valence-corrected chi connectivity index (χ3v) is 5.81. The maximum absolute atomic E-state index is 13.8. The van der Waals surface area contributed by atoms with E-state index in [2.05, 4.69) is 10.2 Å². The minimum atomic E-state index is -4.77. The van der Waals surface area contributed by atoms with Crippen LogP contribution in [0.5, 0.6) is 0 Å². The summed E-state index contributed by atoms with van der Waals surface area (Å²) >= 11 is 0. The maximum Gasteiger partial charge on any atom is 0.419 e. The van der Waals surface area contributed by atoms with E-state index in [0.717, 1.165) is 49.7 Å². The molecule has 1 aromatic carbocycles. The Kier molecular flexibility index (Phi) is 5.75. The molecule has 0 bridgehead atoms. The van der Waals surface area contributed by atoms with Crippen molar-refractivity contribution in [3.8, 4) is 0 Å². The molecule has 1 fully saturated rings. The van der Waals surface area contributed by atoms with Crippen molar-refractivity contribution in [3.63, 3.8) is 0 Å². The highest BCUT2D eigenvalue weighted by Gasteiger charge is 2.34. The van der Waals surface area contributed by atoms with Crippen LogP contribution in [0.3, 0.4) is 0 Å². The largest absolute Gasteiger partial charge is 0.419 e. The number of fused-ring (bicyclic) bond motifs is 1. The monoisotopic (exact) mass is 432 g/mol. The lowest BCUT2D eigenvalue weighted by molar-refractivity contribution is -0.140. The van der Waals surface area contributed by atoms with E-state index >= 15 is 0 Å². The molecule has 8 heteroatoms. The highest BCUT2D eigenvalue weighted by molar-refractivity contribution is 6.00. The van der Waals surface area contributed by atoms with Gasteiger partial charge in [-0.15, -0.1) is 0 Å². The van der Waals surface area contributed by atoms with Crippen molar-refractivity contribution in [2.24, 2.45) is 5.92 Å². The van der Waals surface area contributed by atoms with Crippen LogP contribution in [0, 0.1) is 17.1 Å². The number of allylic oxidation sites excluding steroid dienone is 4. The summed E-state index contributed by atoms with van der Waals surface area (Å²) in [4.78, 5) is 3.98. The van der Waals surface area contributed by atoms with Crippen molar-refractivity contribution in [3.05, 3.63) is 77.0 Å². The summed E-state index contributed by atoms with van der Waals surface area (Å²) < 4.78 is 53.4. The fourth-order valence-electron chi connectivity index (χ4n) is 4.06. The molecule has 0 saturated carbocycles. The number of rotatable bonds is 2. The predicted octanol–water partition coefficient (Wildman–Crippen LogP) is 4.75. The minimum absolute atomic E-state index is 0.131. The van der Waals surface area contributed by atoms with Crippen LogP contribution >= 0.6 is 0 Å². The Balaban J connectivity index is 1.68. The third-order valence-electron chi connectivity index (χ3n) is 5.81. The lowest BCUT2D eigenvalue weighted by Gasteiger charge is -2.35. The fourth-order valence-corrected chi connectivity index (χ4v) is 4.06. The van der Waals surface area contributed by atoms with Crippen molar-refractivity contribution in [2.45, 2.75) is 19.5 Å². The molecule has 3 heterocycles. The van der Waals surface area contributed by atoms with Crippen LogP contribution in [0.15, 0.2) is 60.1 Å². The topological polar surface area (TPSA) is 42.4 Å². The van der Waals surface area contributed by atoms with Crippen LogP contribution in [0.25, 0.3) is 5.57 Å². The summed E-state index contributed by atoms with van der Waals surface area (Å²) in [6.45, 7) is 5.41. The van der Waals surface area contributed by atoms with E-state index in [1.165, 1.54) is 6.07 Å². The van der Waals surface area contributed by atoms with Crippen LogP contribution in [0.1, 0.15) is 24.5 Å². The van der Waals surface area contributed by atoms with Gasteiger partial charge >= 0.3 is 6.18 Å². The first-order valence-electron chi connectivity index (χ1n) is 10.3. The van der Waals surface area contributed by atoms with E-state index in [0.29, 0.717) is 12.0 Å². The number of halogens is 4. The second-order valence-electron chi connectivity index (χ2n) is 7.94. The lowest BCUT2D eigenvalue weighted by atomic mass is 9.88. The lowest BCUT2D eigenvalue weighted by Crippen LogP contribution is -2.43. The number of hydrogen-bond donors (Lipinski definition) is 2. The first-order valence-corrected chi connectivity index (χ1v) is 10.3. The van der Waals surface area contributed by atoms with E-state index in [-0.39, 0.29) is 17.3 Å². The van der Waals surface area contributed by atoms with E-state index < -0.39 is 17.6 Å². The average Bonchev–Trinajstić information content (AvgIpc) is 2.75. The van der Waals surface area contributed by atoms with Crippen LogP contribution in [-0.4, -0.2) is 41.8 Å². The van der Waals surface area contributed by atoms with Gasteiger partial charge in [-0.2, -0.15) is 13.2 Å². The Hall–Kier alpha value is -2.87. The molecule has 31 heavy (non-hydrogen) atoms. The van der Waals surface area contributed by atoms with Gasteiger partial charge in [0.2, 0.25) is 0 Å². The van der Waals surface area contributed by atoms with E-state index in [1.54, 1.807) is 11.0 Å². The number of benzene rings is 1. The highest BCUT2D eigenvalue weighted by atomic mass is 19.4. The molecule has 164 valence electrons. The molecule has 2 N–H and O–H groups in total. The molecule has 0 radical (unpaired) electrons. The molecule has 0 amide bonds. The molecule has 1 aromatic rings. The molecule has 1 unspecified atom stereocenters. The minimum Gasteiger partial charge on any atom is -0.368 e. The standard InChI is InChI=1S/C23H24F4N4/c1-15-2-4-17-5-6-18(30-10-8-29-9-11-30)14-31(17)22(28)13-19(15)16-3-7-21(24)20(12-16)23(25,26)27/h3-7,12-15,28-29H,2,8-11H2,1H3. The summed E-state index contributed by atoms with van der Waals surface area (Å²) in [5, 5.41) is 12.0. The van der Waals surface area contributed by atoms with Gasteiger partial charge in [-0.1, -0.05) is 19.1 Å². The summed E-state index contributed by atoms with van der Waals surface area (Å²) in [5.41, 5.74) is 1.43. The van der Waals surface area contributed by atoms with Gasteiger partial charge in [0.05, 0.1) is 11.3 Å². The van der Waals surface area contributed by atoms with Gasteiger partial charge in [0.15, 0.2) is 0 Å². The SMILES string of the molecule is CC1CC=C2C=CC(N3CCNCC3)=CN2C(=N)C=C1c1ccc(F)c(C(F)(F)F)c1. The molecule has 3 aliphatic heterocycles. The van der Waals surface area contributed by atoms with Gasteiger partial charge < -0.3 is 15.1 Å². The van der Waals surface area contributed by atoms with Gasteiger partial charge in [-0.05, 0) is 53.8 Å². The molecule has 0 spiro atoms. The number of hydrogen-bond acceptors (Lipinski definition) is 3. The summed E-state index contributed by atoms with van der Waals surface area (Å²) in [6.07, 6.45) is 5.30. The van der Waals surface area contributed by atoms with Crippen molar-refractivity contribution in [1.82, 2.24) is 15.1 Å². The van der Waals surface area contributed by atoms with Crippen molar-refractivity contribution < 1.29 is 17.6 Å². The van der Waals surface area contributed by atoms with E-state index in [9.17, 15) is 17.6 Å². The summed E-state index contributed by atoms with van der Waals surface area (Å²) in [5.74, 6) is -1.27. The van der Waals surface area contributed by atoms with Crippen molar-refractivity contribution >= 4 is 11.4 Å². The highest BCUT2D eigenvalue weighted by Crippen LogP contribution is 2.36. The van der Waals surface area contributed by atoms with Crippen LogP contribution in [0.2, 0.25) is 0 Å². The van der Waals surface area contributed by atoms with E-state index in [1.807, 2.05) is 31.4 Å². The quantitative estimate of drug-likeness (QED) is 0.663. The third kappa shape index (κ3) is 4.44. The average molecular weight is 432 g/mol. The first-order chi connectivity index (χ1) is 14.7. The maximum atomic E-state index is 13.8. The Morgan fingerprint density at radius 1 is 1.10 bits per heavy atom. The van der Waals surface area contributed by atoms with Gasteiger partial charge in [0.1, 0.15) is 11.7 Å². The van der Waals surface area contributed by atoms with Gasteiger partial charge in [-0.3, -0.25) is 5.41 Å². The summed E-state index contributed by atoms with van der Waals surface area (Å²) in [7, 11) is 0. The Bertz CT molecular complexity index is 997. The zero-order chi connectivity index (χ0) is 22.2. The number of nitrogens with zero attached hydrogens (tertiary/aromatic N) is 2. The second-order valence-corrected chi connectivity index (χ2v) is 7.94. The number of amidine groups is 1. The predicted molar refractivity (Wildman–Crippen MR) is 112 cm³/mol. The molecule has 1 atom stereocenters. The van der Waals surface area contributed by atoms with Crippen LogP contribution in [0.4, 0.5) is 17.6 Å². The number of piperazine rings is 1. The normalized spacial score (nSPS) is 22.3.